The molecule has 2 N–H and O–H groups in total. The number of aromatic nitrogens is 3. The van der Waals surface area contributed by atoms with Gasteiger partial charge in [-0.25, -0.2) is 4.98 Å². The number of carbonyl (C=O) groups excluding carboxylic acids is 1. The fraction of sp³-hybridized carbons (Fsp3) is 0.200. The van der Waals surface area contributed by atoms with Gasteiger partial charge in [0, 0.05) is 17.3 Å². The highest BCUT2D eigenvalue weighted by Crippen LogP contribution is 2.18. The van der Waals surface area contributed by atoms with Crippen LogP contribution in [0.5, 0.6) is 0 Å². The number of aryl methyl sites for hydroxylation is 1. The second-order valence-electron chi connectivity index (χ2n) is 7.89. The van der Waals surface area contributed by atoms with Gasteiger partial charge in [0.05, 0.1) is 17.4 Å². The van der Waals surface area contributed by atoms with Crippen LogP contribution in [-0.4, -0.2) is 32.3 Å². The van der Waals surface area contributed by atoms with Gasteiger partial charge in [0.25, 0.3) is 17.0 Å². The number of carbonyl (C=O) groups is 1. The monoisotopic (exact) mass is 462 g/mol. The molecule has 2 aromatic carbocycles. The number of hydrogen-bond acceptors (Lipinski definition) is 4. The molecule has 8 heteroatoms. The van der Waals surface area contributed by atoms with Crippen LogP contribution < -0.4 is 11.1 Å². The number of halogens is 1. The topological polar surface area (TPSA) is 98.9 Å². The highest BCUT2D eigenvalue weighted by Gasteiger charge is 2.20. The Morgan fingerprint density at radius 1 is 1.03 bits per heavy atom. The summed E-state index contributed by atoms with van der Waals surface area (Å²) in [4.78, 5) is 49.9. The quantitative estimate of drug-likeness (QED) is 0.446. The van der Waals surface area contributed by atoms with Gasteiger partial charge in [-0.1, -0.05) is 42.3 Å². The van der Waals surface area contributed by atoms with Crippen molar-refractivity contribution in [2.24, 2.45) is 0 Å². The van der Waals surface area contributed by atoms with E-state index in [1.54, 1.807) is 24.3 Å². The molecule has 0 saturated heterocycles. The number of hydrogen-bond donors (Lipinski definition) is 2. The van der Waals surface area contributed by atoms with E-state index in [9.17, 15) is 14.4 Å². The molecule has 168 valence electrons. The third kappa shape index (κ3) is 4.88. The van der Waals surface area contributed by atoms with Crippen LogP contribution in [0.4, 0.5) is 0 Å². The van der Waals surface area contributed by atoms with Crippen molar-refractivity contribution in [1.29, 1.82) is 0 Å². The maximum atomic E-state index is 13.2. The molecule has 33 heavy (non-hydrogen) atoms. The molecule has 0 aliphatic carbocycles. The number of rotatable bonds is 6. The summed E-state index contributed by atoms with van der Waals surface area (Å²) >= 11 is 6.04. The molecule has 4 aromatic rings. The van der Waals surface area contributed by atoms with Gasteiger partial charge in [-0.15, -0.1) is 0 Å². The van der Waals surface area contributed by atoms with E-state index < -0.39 is 11.5 Å². The highest BCUT2D eigenvalue weighted by atomic mass is 35.5. The largest absolute Gasteiger partial charge is 0.331 e. The lowest BCUT2D eigenvalue weighted by Gasteiger charge is -2.21. The third-order valence-corrected chi connectivity index (χ3v) is 5.54. The first-order valence-corrected chi connectivity index (χ1v) is 11.0. The maximum Gasteiger partial charge on any atom is 0.261 e. The first-order chi connectivity index (χ1) is 15.9. The lowest BCUT2D eigenvalue weighted by atomic mass is 10.1. The number of fused-ring (bicyclic) bond motifs is 1. The van der Waals surface area contributed by atoms with Crippen molar-refractivity contribution in [3.8, 4) is 11.3 Å². The van der Waals surface area contributed by atoms with Gasteiger partial charge in [-0.2, -0.15) is 0 Å². The Kier molecular flexibility index (Phi) is 6.42. The van der Waals surface area contributed by atoms with E-state index in [0.29, 0.717) is 40.4 Å². The van der Waals surface area contributed by atoms with Crippen molar-refractivity contribution in [2.45, 2.75) is 26.8 Å². The normalized spacial score (nSPS) is 11.0. The number of amides is 1. The lowest BCUT2D eigenvalue weighted by Crippen LogP contribution is -2.36. The lowest BCUT2D eigenvalue weighted by molar-refractivity contribution is 0.0737. The van der Waals surface area contributed by atoms with Crippen molar-refractivity contribution in [1.82, 2.24) is 19.9 Å². The zero-order valence-corrected chi connectivity index (χ0v) is 19.1. The van der Waals surface area contributed by atoms with Gasteiger partial charge in [-0.3, -0.25) is 14.4 Å². The molecular formula is C25H23ClN4O3. The smallest absolute Gasteiger partial charge is 0.261 e. The summed E-state index contributed by atoms with van der Waals surface area (Å²) < 4.78 is 0. The number of H-pyrrole nitrogens is 2. The average Bonchev–Trinajstić information content (AvgIpc) is 2.78. The number of nitrogens with zero attached hydrogens (tertiary/aromatic N) is 2. The molecule has 1 amide bonds. The van der Waals surface area contributed by atoms with Crippen LogP contribution in [0.25, 0.3) is 22.2 Å². The number of benzene rings is 2. The summed E-state index contributed by atoms with van der Waals surface area (Å²) in [6.07, 6.45) is 0.675. The van der Waals surface area contributed by atoms with Crippen LogP contribution in [0, 0.1) is 6.92 Å². The first kappa shape index (κ1) is 22.5. The first-order valence-electron chi connectivity index (χ1n) is 10.6. The minimum Gasteiger partial charge on any atom is -0.331 e. The predicted molar refractivity (Wildman–Crippen MR) is 130 cm³/mol. The maximum absolute atomic E-state index is 13.2. The van der Waals surface area contributed by atoms with Crippen molar-refractivity contribution < 1.29 is 4.79 Å². The van der Waals surface area contributed by atoms with E-state index in [1.165, 1.54) is 11.0 Å². The average molecular weight is 463 g/mol. The Bertz CT molecular complexity index is 1460. The zero-order chi connectivity index (χ0) is 23.5. The molecular weight excluding hydrogens is 440 g/mol. The summed E-state index contributed by atoms with van der Waals surface area (Å²) in [5.41, 5.74) is 2.29. The molecule has 0 atom stereocenters. The van der Waals surface area contributed by atoms with Gasteiger partial charge >= 0.3 is 0 Å². The molecule has 0 fully saturated rings. The van der Waals surface area contributed by atoms with Crippen LogP contribution in [0.2, 0.25) is 5.02 Å². The van der Waals surface area contributed by atoms with E-state index >= 15 is 0 Å². The molecule has 0 bridgehead atoms. The summed E-state index contributed by atoms with van der Waals surface area (Å²) in [5, 5.41) is 0.882. The molecule has 2 heterocycles. The molecule has 4 rings (SSSR count). The van der Waals surface area contributed by atoms with Crippen LogP contribution in [0.3, 0.4) is 0 Å². The Hall–Kier alpha value is -3.71. The molecule has 0 saturated carbocycles. The minimum atomic E-state index is -0.466. The van der Waals surface area contributed by atoms with Crippen molar-refractivity contribution in [3.05, 3.63) is 97.3 Å². The fourth-order valence-electron chi connectivity index (χ4n) is 3.73. The van der Waals surface area contributed by atoms with E-state index in [4.69, 9.17) is 11.6 Å². The SMILES string of the molecule is CCCN(Cc1nc2cc(Cl)ccc2c(=O)[nH]1)C(=O)c1ccc(-c2cccc(C)c2)[nH]c1=O. The second-order valence-corrected chi connectivity index (χ2v) is 8.32. The molecule has 0 spiro atoms. The second kappa shape index (κ2) is 9.42. The Labute approximate surface area is 195 Å². The van der Waals surface area contributed by atoms with Crippen LogP contribution in [-0.2, 0) is 6.54 Å². The predicted octanol–water partition coefficient (Wildman–Crippen LogP) is 4.29. The Morgan fingerprint density at radius 2 is 1.85 bits per heavy atom. The van der Waals surface area contributed by atoms with Gasteiger partial charge in [0.1, 0.15) is 11.4 Å². The minimum absolute atomic E-state index is 0.0334. The van der Waals surface area contributed by atoms with E-state index in [0.717, 1.165) is 11.1 Å². The standard InChI is InChI=1S/C25H23ClN4O3/c1-3-11-30(14-22-27-21-13-17(26)7-8-18(21)23(31)29-22)25(33)19-9-10-20(28-24(19)32)16-6-4-5-15(2)12-16/h4-10,12-13H,3,11,14H2,1-2H3,(H,28,32)(H,27,29,31). The molecule has 0 radical (unpaired) electrons. The molecule has 0 aliphatic rings. The van der Waals surface area contributed by atoms with Crippen molar-refractivity contribution >= 4 is 28.4 Å². The molecule has 0 unspecified atom stereocenters. The Balaban J connectivity index is 1.64. The summed E-state index contributed by atoms with van der Waals surface area (Å²) in [6.45, 7) is 4.36. The number of aromatic amines is 2. The molecule has 0 aliphatic heterocycles. The number of pyridine rings is 1. The van der Waals surface area contributed by atoms with E-state index in [2.05, 4.69) is 15.0 Å². The zero-order valence-electron chi connectivity index (χ0n) is 18.3. The molecule has 2 aromatic heterocycles. The third-order valence-electron chi connectivity index (χ3n) is 5.31. The van der Waals surface area contributed by atoms with Crippen molar-refractivity contribution in [2.75, 3.05) is 6.54 Å². The molecule has 7 nitrogen and oxygen atoms in total. The number of nitrogens with one attached hydrogen (secondary N) is 2. The summed E-state index contributed by atoms with van der Waals surface area (Å²) in [6, 6.07) is 15.9. The van der Waals surface area contributed by atoms with Crippen molar-refractivity contribution in [3.63, 3.8) is 0 Å². The van der Waals surface area contributed by atoms with Gasteiger partial charge in [0.2, 0.25) is 0 Å². The summed E-state index contributed by atoms with van der Waals surface area (Å²) in [7, 11) is 0. The highest BCUT2D eigenvalue weighted by molar-refractivity contribution is 6.31. The fourth-order valence-corrected chi connectivity index (χ4v) is 3.90. The Morgan fingerprint density at radius 3 is 2.58 bits per heavy atom. The van der Waals surface area contributed by atoms with Crippen LogP contribution in [0.1, 0.15) is 35.1 Å². The summed E-state index contributed by atoms with van der Waals surface area (Å²) in [5.74, 6) is -0.105. The van der Waals surface area contributed by atoms with Gasteiger partial charge in [-0.05, 0) is 55.3 Å². The van der Waals surface area contributed by atoms with Crippen LogP contribution >= 0.6 is 11.6 Å². The van der Waals surface area contributed by atoms with Gasteiger partial charge < -0.3 is 14.9 Å². The van der Waals surface area contributed by atoms with E-state index in [1.807, 2.05) is 38.1 Å². The van der Waals surface area contributed by atoms with Gasteiger partial charge in [0.15, 0.2) is 0 Å². The van der Waals surface area contributed by atoms with Crippen LogP contribution in [0.15, 0.2) is 64.2 Å². The van der Waals surface area contributed by atoms with E-state index in [-0.39, 0.29) is 17.7 Å².